The molecule has 0 spiro atoms. The molecule has 1 aliphatic heterocycles. The SMILES string of the molecule is CC1CCN(C(=O)C2CCCCCC2)C1C(=O)O. The highest BCUT2D eigenvalue weighted by molar-refractivity contribution is 5.86. The van der Waals surface area contributed by atoms with Crippen LogP contribution in [0.1, 0.15) is 51.9 Å². The lowest BCUT2D eigenvalue weighted by Crippen LogP contribution is -2.45. The molecular weight excluding hydrogens is 230 g/mol. The van der Waals surface area contributed by atoms with E-state index < -0.39 is 12.0 Å². The van der Waals surface area contributed by atoms with Gasteiger partial charge in [0.15, 0.2) is 0 Å². The van der Waals surface area contributed by atoms with Crippen LogP contribution in [0.5, 0.6) is 0 Å². The van der Waals surface area contributed by atoms with Gasteiger partial charge in [-0.2, -0.15) is 0 Å². The van der Waals surface area contributed by atoms with E-state index in [-0.39, 0.29) is 17.7 Å². The second-order valence-corrected chi connectivity index (χ2v) is 5.77. The number of carboxylic acid groups (broad SMARTS) is 1. The van der Waals surface area contributed by atoms with E-state index in [2.05, 4.69) is 0 Å². The van der Waals surface area contributed by atoms with Crippen LogP contribution in [0.15, 0.2) is 0 Å². The summed E-state index contributed by atoms with van der Waals surface area (Å²) in [7, 11) is 0. The molecule has 102 valence electrons. The summed E-state index contributed by atoms with van der Waals surface area (Å²) in [6.45, 7) is 2.55. The molecule has 1 heterocycles. The molecule has 2 aliphatic rings. The van der Waals surface area contributed by atoms with Crippen molar-refractivity contribution in [2.24, 2.45) is 11.8 Å². The second-order valence-electron chi connectivity index (χ2n) is 5.77. The van der Waals surface area contributed by atoms with Crippen molar-refractivity contribution in [1.82, 2.24) is 4.90 Å². The van der Waals surface area contributed by atoms with Crippen LogP contribution in [0.2, 0.25) is 0 Å². The van der Waals surface area contributed by atoms with Gasteiger partial charge in [-0.3, -0.25) is 4.79 Å². The summed E-state index contributed by atoms with van der Waals surface area (Å²) in [6.07, 6.45) is 7.34. The zero-order valence-electron chi connectivity index (χ0n) is 11.1. The standard InChI is InChI=1S/C14H23NO3/c1-10-8-9-15(12(10)14(17)18)13(16)11-6-4-2-3-5-7-11/h10-12H,2-9H2,1H3,(H,17,18). The highest BCUT2D eigenvalue weighted by Gasteiger charge is 2.41. The molecule has 1 saturated heterocycles. The van der Waals surface area contributed by atoms with Gasteiger partial charge in [-0.15, -0.1) is 0 Å². The van der Waals surface area contributed by atoms with E-state index in [9.17, 15) is 14.7 Å². The maximum Gasteiger partial charge on any atom is 0.326 e. The molecule has 2 atom stereocenters. The predicted molar refractivity (Wildman–Crippen MR) is 68.1 cm³/mol. The third-order valence-corrected chi connectivity index (χ3v) is 4.44. The molecule has 2 unspecified atom stereocenters. The average Bonchev–Trinajstić information content (AvgIpc) is 2.56. The van der Waals surface area contributed by atoms with Crippen molar-refractivity contribution in [2.75, 3.05) is 6.54 Å². The molecule has 2 rings (SSSR count). The highest BCUT2D eigenvalue weighted by atomic mass is 16.4. The molecule has 4 nitrogen and oxygen atoms in total. The van der Waals surface area contributed by atoms with Gasteiger partial charge in [0.05, 0.1) is 0 Å². The fourth-order valence-corrected chi connectivity index (χ4v) is 3.33. The average molecular weight is 253 g/mol. The van der Waals surface area contributed by atoms with Gasteiger partial charge in [-0.1, -0.05) is 32.6 Å². The van der Waals surface area contributed by atoms with Gasteiger partial charge in [0, 0.05) is 12.5 Å². The Morgan fingerprint density at radius 2 is 1.67 bits per heavy atom. The summed E-state index contributed by atoms with van der Waals surface area (Å²) in [5, 5.41) is 9.26. The minimum atomic E-state index is -0.845. The van der Waals surface area contributed by atoms with Gasteiger partial charge in [-0.25, -0.2) is 4.79 Å². The second kappa shape index (κ2) is 5.72. The predicted octanol–water partition coefficient (Wildman–Crippen LogP) is 2.28. The Morgan fingerprint density at radius 1 is 1.06 bits per heavy atom. The van der Waals surface area contributed by atoms with E-state index in [0.717, 1.165) is 32.1 Å². The maximum absolute atomic E-state index is 12.5. The van der Waals surface area contributed by atoms with E-state index in [1.165, 1.54) is 12.8 Å². The zero-order valence-corrected chi connectivity index (χ0v) is 11.1. The minimum Gasteiger partial charge on any atom is -0.480 e. The fraction of sp³-hybridized carbons (Fsp3) is 0.857. The molecule has 4 heteroatoms. The first-order valence-electron chi connectivity index (χ1n) is 7.14. The molecule has 0 bridgehead atoms. The molecule has 1 N–H and O–H groups in total. The van der Waals surface area contributed by atoms with Crippen LogP contribution < -0.4 is 0 Å². The van der Waals surface area contributed by atoms with Crippen molar-refractivity contribution < 1.29 is 14.7 Å². The van der Waals surface area contributed by atoms with E-state index in [1.54, 1.807) is 4.90 Å². The Balaban J connectivity index is 2.05. The first-order chi connectivity index (χ1) is 8.61. The summed E-state index contributed by atoms with van der Waals surface area (Å²) >= 11 is 0. The summed E-state index contributed by atoms with van der Waals surface area (Å²) in [6, 6.07) is -0.597. The number of nitrogens with zero attached hydrogens (tertiary/aromatic N) is 1. The number of hydrogen-bond acceptors (Lipinski definition) is 2. The van der Waals surface area contributed by atoms with Crippen LogP contribution in [0.25, 0.3) is 0 Å². The van der Waals surface area contributed by atoms with Crippen LogP contribution >= 0.6 is 0 Å². The zero-order chi connectivity index (χ0) is 13.1. The van der Waals surface area contributed by atoms with E-state index in [4.69, 9.17) is 0 Å². The van der Waals surface area contributed by atoms with E-state index in [0.29, 0.717) is 6.54 Å². The maximum atomic E-state index is 12.5. The van der Waals surface area contributed by atoms with Gasteiger partial charge < -0.3 is 10.0 Å². The number of hydrogen-bond donors (Lipinski definition) is 1. The number of carbonyl (C=O) groups is 2. The fourth-order valence-electron chi connectivity index (χ4n) is 3.33. The molecule has 2 fully saturated rings. The largest absolute Gasteiger partial charge is 0.480 e. The van der Waals surface area contributed by atoms with Crippen molar-refractivity contribution >= 4 is 11.9 Å². The van der Waals surface area contributed by atoms with Crippen LogP contribution in [0.3, 0.4) is 0 Å². The number of aliphatic carboxylic acids is 1. The summed E-state index contributed by atoms with van der Waals surface area (Å²) in [4.78, 5) is 25.4. The van der Waals surface area contributed by atoms with E-state index in [1.807, 2.05) is 6.92 Å². The van der Waals surface area contributed by atoms with Crippen molar-refractivity contribution in [3.8, 4) is 0 Å². The molecule has 18 heavy (non-hydrogen) atoms. The number of rotatable bonds is 2. The Kier molecular flexibility index (Phi) is 4.25. The monoisotopic (exact) mass is 253 g/mol. The lowest BCUT2D eigenvalue weighted by atomic mass is 9.97. The molecule has 0 radical (unpaired) electrons. The van der Waals surface area contributed by atoms with E-state index >= 15 is 0 Å². The molecule has 0 aromatic carbocycles. The van der Waals surface area contributed by atoms with Crippen LogP contribution in [0, 0.1) is 11.8 Å². The highest BCUT2D eigenvalue weighted by Crippen LogP contribution is 2.30. The van der Waals surface area contributed by atoms with Crippen LogP contribution in [-0.4, -0.2) is 34.5 Å². The van der Waals surface area contributed by atoms with Crippen molar-refractivity contribution in [3.05, 3.63) is 0 Å². The smallest absolute Gasteiger partial charge is 0.326 e. The molecule has 0 aromatic rings. The first-order valence-corrected chi connectivity index (χ1v) is 7.14. The Hall–Kier alpha value is -1.06. The molecule has 1 aliphatic carbocycles. The topological polar surface area (TPSA) is 57.6 Å². The minimum absolute atomic E-state index is 0.0691. The number of carboxylic acids is 1. The third-order valence-electron chi connectivity index (χ3n) is 4.44. The van der Waals surface area contributed by atoms with Gasteiger partial charge in [-0.05, 0) is 25.2 Å². The van der Waals surface area contributed by atoms with Crippen molar-refractivity contribution in [1.29, 1.82) is 0 Å². The molecule has 1 saturated carbocycles. The Labute approximate surface area is 108 Å². The Morgan fingerprint density at radius 3 is 2.22 bits per heavy atom. The first kappa shape index (κ1) is 13.4. The summed E-state index contributed by atoms with van der Waals surface area (Å²) in [5.74, 6) is -0.604. The molecule has 0 aromatic heterocycles. The van der Waals surface area contributed by atoms with Gasteiger partial charge in [0.2, 0.25) is 5.91 Å². The van der Waals surface area contributed by atoms with Crippen LogP contribution in [0.4, 0.5) is 0 Å². The number of amides is 1. The van der Waals surface area contributed by atoms with Crippen molar-refractivity contribution in [2.45, 2.75) is 57.9 Å². The lowest BCUT2D eigenvalue weighted by molar-refractivity contribution is -0.151. The van der Waals surface area contributed by atoms with Gasteiger partial charge in [0.1, 0.15) is 6.04 Å². The van der Waals surface area contributed by atoms with Crippen molar-refractivity contribution in [3.63, 3.8) is 0 Å². The quantitative estimate of drug-likeness (QED) is 0.768. The van der Waals surface area contributed by atoms with Crippen LogP contribution in [-0.2, 0) is 9.59 Å². The Bertz CT molecular complexity index is 321. The normalized spacial score (nSPS) is 30.2. The van der Waals surface area contributed by atoms with Gasteiger partial charge >= 0.3 is 5.97 Å². The number of likely N-dealkylation sites (tertiary alicyclic amines) is 1. The summed E-state index contributed by atoms with van der Waals surface area (Å²) < 4.78 is 0. The summed E-state index contributed by atoms with van der Waals surface area (Å²) in [5.41, 5.74) is 0. The third kappa shape index (κ3) is 2.68. The molecular formula is C14H23NO3. The molecule has 1 amide bonds. The number of carbonyl (C=O) groups excluding carboxylic acids is 1. The lowest BCUT2D eigenvalue weighted by Gasteiger charge is -2.27. The van der Waals surface area contributed by atoms with Gasteiger partial charge in [0.25, 0.3) is 0 Å².